The van der Waals surface area contributed by atoms with Crippen molar-refractivity contribution in [2.24, 2.45) is 0 Å². The number of carbonyl (C=O) groups excluding carboxylic acids is 1. The fourth-order valence-corrected chi connectivity index (χ4v) is 4.72. The van der Waals surface area contributed by atoms with E-state index in [0.29, 0.717) is 5.92 Å². The largest absolute Gasteiger partial charge is 0.378 e. The number of rotatable bonds is 8. The number of hydrogen-bond acceptors (Lipinski definition) is 5. The molecule has 1 aliphatic heterocycles. The molecule has 0 saturated carbocycles. The molecule has 0 unspecified atom stereocenters. The van der Waals surface area contributed by atoms with Crippen molar-refractivity contribution in [1.29, 1.82) is 0 Å². The summed E-state index contributed by atoms with van der Waals surface area (Å²) in [4.78, 5) is 16.1. The van der Waals surface area contributed by atoms with E-state index >= 15 is 0 Å². The van der Waals surface area contributed by atoms with Crippen molar-refractivity contribution in [2.75, 3.05) is 43.1 Å². The first-order valence-corrected chi connectivity index (χ1v) is 12.1. The van der Waals surface area contributed by atoms with Crippen LogP contribution in [-0.2, 0) is 9.53 Å². The Balaban J connectivity index is 1.37. The van der Waals surface area contributed by atoms with Crippen LogP contribution in [0.4, 0.5) is 11.4 Å². The number of nitrogens with one attached hydrogen (secondary N) is 2. The summed E-state index contributed by atoms with van der Waals surface area (Å²) in [5, 5.41) is 8.53. The van der Waals surface area contributed by atoms with Gasteiger partial charge >= 0.3 is 0 Å². The number of amides is 1. The molecule has 4 rings (SSSR count). The van der Waals surface area contributed by atoms with Gasteiger partial charge in [-0.2, -0.15) is 0 Å². The molecule has 3 aromatic rings. The second-order valence-corrected chi connectivity index (χ2v) is 9.32. The van der Waals surface area contributed by atoms with Gasteiger partial charge in [0, 0.05) is 29.3 Å². The lowest BCUT2D eigenvalue weighted by atomic mass is 9.98. The van der Waals surface area contributed by atoms with Crippen LogP contribution in [0.15, 0.2) is 66.0 Å². The van der Waals surface area contributed by atoms with E-state index in [9.17, 15) is 4.79 Å². The van der Waals surface area contributed by atoms with Gasteiger partial charge in [-0.25, -0.2) is 0 Å². The highest BCUT2D eigenvalue weighted by molar-refractivity contribution is 7.10. The molecule has 1 fully saturated rings. The molecule has 0 spiro atoms. The van der Waals surface area contributed by atoms with Gasteiger partial charge in [-0.1, -0.05) is 44.2 Å². The van der Waals surface area contributed by atoms with Gasteiger partial charge in [0.2, 0.25) is 5.91 Å². The molecule has 2 heterocycles. The van der Waals surface area contributed by atoms with Crippen LogP contribution in [0.2, 0.25) is 0 Å². The van der Waals surface area contributed by atoms with E-state index in [-0.39, 0.29) is 18.5 Å². The lowest BCUT2D eigenvalue weighted by Crippen LogP contribution is -2.36. The van der Waals surface area contributed by atoms with E-state index in [1.54, 1.807) is 11.3 Å². The van der Waals surface area contributed by atoms with E-state index in [1.165, 1.54) is 16.0 Å². The van der Waals surface area contributed by atoms with Crippen molar-refractivity contribution in [3.63, 3.8) is 0 Å². The van der Waals surface area contributed by atoms with Gasteiger partial charge in [-0.05, 0) is 52.8 Å². The normalized spacial score (nSPS) is 15.0. The standard InChI is InChI=1S/C26H31N3O2S/c1-19(2)20-5-7-21(8-6-20)26(24-4-3-17-32-24)27-18-25(30)28-22-9-11-23(12-10-22)29-13-15-31-16-14-29/h3-12,17,19,26-27H,13-16,18H2,1-2H3,(H,28,30)/t26-/m0/s1. The number of carbonyl (C=O) groups is 1. The van der Waals surface area contributed by atoms with E-state index in [4.69, 9.17) is 4.74 Å². The number of nitrogens with zero attached hydrogens (tertiary/aromatic N) is 1. The lowest BCUT2D eigenvalue weighted by Gasteiger charge is -2.28. The monoisotopic (exact) mass is 449 g/mol. The molecule has 0 aliphatic carbocycles. The fourth-order valence-electron chi connectivity index (χ4n) is 3.89. The maximum Gasteiger partial charge on any atom is 0.238 e. The second kappa shape index (κ2) is 10.8. The third-order valence-corrected chi connectivity index (χ3v) is 6.70. The highest BCUT2D eigenvalue weighted by Gasteiger charge is 2.17. The zero-order valence-corrected chi connectivity index (χ0v) is 19.5. The van der Waals surface area contributed by atoms with E-state index in [0.717, 1.165) is 37.7 Å². The van der Waals surface area contributed by atoms with Crippen LogP contribution in [-0.4, -0.2) is 38.8 Å². The average Bonchev–Trinajstić information content (AvgIpc) is 3.35. The van der Waals surface area contributed by atoms with Crippen LogP contribution in [0, 0.1) is 0 Å². The molecular weight excluding hydrogens is 418 g/mol. The van der Waals surface area contributed by atoms with Crippen molar-refractivity contribution in [3.8, 4) is 0 Å². The Morgan fingerprint density at radius 1 is 1.00 bits per heavy atom. The quantitative estimate of drug-likeness (QED) is 0.507. The van der Waals surface area contributed by atoms with E-state index < -0.39 is 0 Å². The van der Waals surface area contributed by atoms with Crippen molar-refractivity contribution in [3.05, 3.63) is 82.0 Å². The Morgan fingerprint density at radius 3 is 2.31 bits per heavy atom. The van der Waals surface area contributed by atoms with Crippen molar-refractivity contribution >= 4 is 28.6 Å². The molecule has 1 atom stereocenters. The van der Waals surface area contributed by atoms with Crippen molar-refractivity contribution in [1.82, 2.24) is 5.32 Å². The molecule has 1 aliphatic rings. The summed E-state index contributed by atoms with van der Waals surface area (Å²) in [6.07, 6.45) is 0. The first-order chi connectivity index (χ1) is 15.6. The number of hydrogen-bond donors (Lipinski definition) is 2. The lowest BCUT2D eigenvalue weighted by molar-refractivity contribution is -0.115. The second-order valence-electron chi connectivity index (χ2n) is 8.35. The Kier molecular flexibility index (Phi) is 7.58. The summed E-state index contributed by atoms with van der Waals surface area (Å²) < 4.78 is 5.41. The Labute approximate surface area is 194 Å². The summed E-state index contributed by atoms with van der Waals surface area (Å²) in [5.74, 6) is 0.446. The van der Waals surface area contributed by atoms with Gasteiger partial charge in [-0.15, -0.1) is 11.3 Å². The Hall–Kier alpha value is -2.67. The molecule has 1 saturated heterocycles. The molecule has 2 aromatic carbocycles. The molecule has 5 nitrogen and oxygen atoms in total. The number of anilines is 2. The minimum absolute atomic E-state index is 0.00865. The first kappa shape index (κ1) is 22.5. The predicted octanol–water partition coefficient (Wildman–Crippen LogP) is 5.03. The molecular formula is C26H31N3O2S. The molecule has 0 radical (unpaired) electrons. The van der Waals surface area contributed by atoms with Crippen LogP contribution < -0.4 is 15.5 Å². The van der Waals surface area contributed by atoms with Crippen LogP contribution in [0.25, 0.3) is 0 Å². The highest BCUT2D eigenvalue weighted by atomic mass is 32.1. The molecule has 1 amide bonds. The van der Waals surface area contributed by atoms with Gasteiger partial charge in [0.25, 0.3) is 0 Å². The van der Waals surface area contributed by atoms with E-state index in [1.807, 2.05) is 18.2 Å². The average molecular weight is 450 g/mol. The highest BCUT2D eigenvalue weighted by Crippen LogP contribution is 2.27. The molecule has 32 heavy (non-hydrogen) atoms. The molecule has 2 N–H and O–H groups in total. The number of thiophene rings is 1. The van der Waals surface area contributed by atoms with Gasteiger partial charge in [0.15, 0.2) is 0 Å². The minimum Gasteiger partial charge on any atom is -0.378 e. The zero-order chi connectivity index (χ0) is 22.3. The minimum atomic E-state index is -0.0514. The number of benzene rings is 2. The van der Waals surface area contributed by atoms with Crippen LogP contribution in [0.3, 0.4) is 0 Å². The van der Waals surface area contributed by atoms with E-state index in [2.05, 4.69) is 77.2 Å². The molecule has 6 heteroatoms. The molecule has 168 valence electrons. The SMILES string of the molecule is CC(C)c1ccc([C@H](NCC(=O)Nc2ccc(N3CCOCC3)cc2)c2cccs2)cc1. The van der Waals surface area contributed by atoms with Crippen LogP contribution >= 0.6 is 11.3 Å². The predicted molar refractivity (Wildman–Crippen MR) is 133 cm³/mol. The van der Waals surface area contributed by atoms with Gasteiger partial charge in [0.1, 0.15) is 0 Å². The maximum absolute atomic E-state index is 12.7. The smallest absolute Gasteiger partial charge is 0.238 e. The zero-order valence-electron chi connectivity index (χ0n) is 18.7. The van der Waals surface area contributed by atoms with Crippen LogP contribution in [0.1, 0.15) is 41.8 Å². The van der Waals surface area contributed by atoms with Gasteiger partial charge in [-0.3, -0.25) is 10.1 Å². The van der Waals surface area contributed by atoms with Gasteiger partial charge in [0.05, 0.1) is 25.8 Å². The van der Waals surface area contributed by atoms with Crippen LogP contribution in [0.5, 0.6) is 0 Å². The Bertz CT molecular complexity index is 979. The Morgan fingerprint density at radius 2 is 1.69 bits per heavy atom. The summed E-state index contributed by atoms with van der Waals surface area (Å²) in [6.45, 7) is 7.95. The number of ether oxygens (including phenoxy) is 1. The van der Waals surface area contributed by atoms with Crippen molar-refractivity contribution < 1.29 is 9.53 Å². The maximum atomic E-state index is 12.7. The third kappa shape index (κ3) is 5.76. The molecule has 0 bridgehead atoms. The summed E-state index contributed by atoms with van der Waals surface area (Å²) in [5.41, 5.74) is 4.45. The summed E-state index contributed by atoms with van der Waals surface area (Å²) in [6, 6.07) is 20.9. The summed E-state index contributed by atoms with van der Waals surface area (Å²) in [7, 11) is 0. The topological polar surface area (TPSA) is 53.6 Å². The first-order valence-electron chi connectivity index (χ1n) is 11.2. The third-order valence-electron chi connectivity index (χ3n) is 5.76. The van der Waals surface area contributed by atoms with Gasteiger partial charge < -0.3 is 15.0 Å². The summed E-state index contributed by atoms with van der Waals surface area (Å²) >= 11 is 1.70. The molecule has 1 aromatic heterocycles. The fraction of sp³-hybridized carbons (Fsp3) is 0.346. The number of morpholine rings is 1. The van der Waals surface area contributed by atoms with Crippen molar-refractivity contribution in [2.45, 2.75) is 25.8 Å².